The Morgan fingerprint density at radius 2 is 1.87 bits per heavy atom. The number of aliphatic carboxylic acids is 1. The number of nitrogens with zero attached hydrogens (tertiary/aromatic N) is 3. The second-order valence-corrected chi connectivity index (χ2v) is 8.88. The smallest absolute Gasteiger partial charge is 0.306 e. The maximum atomic E-state index is 11.1. The highest BCUT2D eigenvalue weighted by Gasteiger charge is 2.27. The van der Waals surface area contributed by atoms with E-state index in [9.17, 15) is 4.79 Å². The van der Waals surface area contributed by atoms with Gasteiger partial charge in [0.2, 0.25) is 0 Å². The third kappa shape index (κ3) is 4.13. The molecule has 2 N–H and O–H groups in total. The summed E-state index contributed by atoms with van der Waals surface area (Å²) in [5.74, 6) is -1.01. The van der Waals surface area contributed by atoms with E-state index in [1.807, 2.05) is 29.6 Å². The van der Waals surface area contributed by atoms with E-state index >= 15 is 0 Å². The van der Waals surface area contributed by atoms with E-state index in [4.69, 9.17) is 21.4 Å². The highest BCUT2D eigenvalue weighted by Crippen LogP contribution is 2.32. The number of halogens is 1. The summed E-state index contributed by atoms with van der Waals surface area (Å²) in [6.45, 7) is 0. The van der Waals surface area contributed by atoms with Crippen molar-refractivity contribution in [1.29, 1.82) is 0 Å². The van der Waals surface area contributed by atoms with Crippen LogP contribution in [0.1, 0.15) is 25.7 Å². The number of aromatic amines is 1. The van der Waals surface area contributed by atoms with Crippen molar-refractivity contribution in [3.8, 4) is 27.8 Å². The van der Waals surface area contributed by atoms with Crippen molar-refractivity contribution in [2.24, 2.45) is 5.92 Å². The molecule has 0 bridgehead atoms. The molecule has 3 heterocycles. The lowest BCUT2D eigenvalue weighted by Gasteiger charge is -2.25. The summed E-state index contributed by atoms with van der Waals surface area (Å²) < 4.78 is 5.96. The van der Waals surface area contributed by atoms with Crippen molar-refractivity contribution in [2.75, 3.05) is 0 Å². The summed E-state index contributed by atoms with van der Waals surface area (Å²) >= 11 is 8.10. The summed E-state index contributed by atoms with van der Waals surface area (Å²) in [5, 5.41) is 12.6. The van der Waals surface area contributed by atoms with Gasteiger partial charge in [-0.1, -0.05) is 35.9 Å². The fourth-order valence-corrected chi connectivity index (χ4v) is 4.78. The number of pyridine rings is 1. The summed E-state index contributed by atoms with van der Waals surface area (Å²) in [6.07, 6.45) is 4.36. The zero-order valence-electron chi connectivity index (χ0n) is 16.4. The molecule has 1 aliphatic carbocycles. The Morgan fingerprint density at radius 3 is 2.55 bits per heavy atom. The second kappa shape index (κ2) is 8.28. The molecule has 0 amide bonds. The monoisotopic (exact) mass is 454 g/mol. The first-order valence-electron chi connectivity index (χ1n) is 10.0. The summed E-state index contributed by atoms with van der Waals surface area (Å²) in [5.41, 5.74) is 3.81. The lowest BCUT2D eigenvalue weighted by Crippen LogP contribution is -2.28. The molecular formula is C22H19ClN4O3S. The third-order valence-electron chi connectivity index (χ3n) is 5.54. The van der Waals surface area contributed by atoms with Crippen molar-refractivity contribution < 1.29 is 14.6 Å². The summed E-state index contributed by atoms with van der Waals surface area (Å²) in [7, 11) is 0. The first-order chi connectivity index (χ1) is 15.1. The largest absolute Gasteiger partial charge is 0.481 e. The van der Waals surface area contributed by atoms with Crippen LogP contribution in [-0.2, 0) is 4.79 Å². The molecule has 1 aliphatic rings. The number of hydrogen-bond acceptors (Lipinski definition) is 6. The van der Waals surface area contributed by atoms with Crippen LogP contribution in [0.25, 0.3) is 33.0 Å². The van der Waals surface area contributed by atoms with Crippen molar-refractivity contribution >= 4 is 40.1 Å². The average molecular weight is 455 g/mol. The zero-order chi connectivity index (χ0) is 21.4. The maximum absolute atomic E-state index is 11.1. The summed E-state index contributed by atoms with van der Waals surface area (Å²) in [6, 6.07) is 10.1. The Morgan fingerprint density at radius 1 is 1.13 bits per heavy atom. The zero-order valence-corrected chi connectivity index (χ0v) is 18.0. The van der Waals surface area contributed by atoms with Gasteiger partial charge in [-0.2, -0.15) is 4.98 Å². The van der Waals surface area contributed by atoms with Gasteiger partial charge < -0.3 is 14.8 Å². The quantitative estimate of drug-likeness (QED) is 0.417. The van der Waals surface area contributed by atoms with Gasteiger partial charge in [0.15, 0.2) is 5.65 Å². The van der Waals surface area contributed by atoms with Crippen LogP contribution in [0.15, 0.2) is 41.9 Å². The number of nitrogens with one attached hydrogen (secondary N) is 1. The number of carbonyl (C=O) groups is 1. The van der Waals surface area contributed by atoms with E-state index in [0.29, 0.717) is 53.6 Å². The molecule has 31 heavy (non-hydrogen) atoms. The van der Waals surface area contributed by atoms with E-state index in [-0.39, 0.29) is 12.0 Å². The van der Waals surface area contributed by atoms with Crippen molar-refractivity contribution in [3.05, 3.63) is 46.9 Å². The summed E-state index contributed by atoms with van der Waals surface area (Å²) in [4.78, 5) is 27.7. The van der Waals surface area contributed by atoms with Crippen LogP contribution in [-0.4, -0.2) is 37.1 Å². The minimum atomic E-state index is -0.728. The van der Waals surface area contributed by atoms with Gasteiger partial charge in [0, 0.05) is 22.7 Å². The van der Waals surface area contributed by atoms with E-state index in [0.717, 1.165) is 16.1 Å². The van der Waals surface area contributed by atoms with E-state index < -0.39 is 5.97 Å². The minimum absolute atomic E-state index is 0.0514. The molecule has 4 aromatic rings. The topological polar surface area (TPSA) is 101 Å². The van der Waals surface area contributed by atoms with Gasteiger partial charge in [0.05, 0.1) is 22.2 Å². The van der Waals surface area contributed by atoms with Crippen LogP contribution in [0.5, 0.6) is 6.01 Å². The number of aromatic nitrogens is 4. The van der Waals surface area contributed by atoms with Gasteiger partial charge in [-0.25, -0.2) is 9.97 Å². The molecule has 1 aromatic carbocycles. The molecule has 7 nitrogen and oxygen atoms in total. The standard InChI is InChI=1S/C22H19ClN4O3S/c23-16-11-17-19(27-22(25-17)30-15-7-5-14(6-8-15)21(28)29)26-18(16)12-1-3-13(4-2-12)20-24-9-10-31-20/h1-4,9-11,14-15H,5-8H2,(H,28,29)(H,25,26,27)/t14-,15-. The first kappa shape index (κ1) is 20.0. The van der Waals surface area contributed by atoms with E-state index in [1.165, 1.54) is 0 Å². The van der Waals surface area contributed by atoms with Gasteiger partial charge >= 0.3 is 5.97 Å². The SMILES string of the molecule is O=C(O)[C@H]1CC[C@H](Oc2nc3nc(-c4ccc(-c5nccs5)cc4)c(Cl)cc3[nH]2)CC1. The molecular weight excluding hydrogens is 436 g/mol. The van der Waals surface area contributed by atoms with Crippen molar-refractivity contribution in [2.45, 2.75) is 31.8 Å². The normalized spacial score (nSPS) is 18.9. The van der Waals surface area contributed by atoms with Crippen LogP contribution in [0.3, 0.4) is 0 Å². The fraction of sp³-hybridized carbons (Fsp3) is 0.273. The number of ether oxygens (including phenoxy) is 1. The van der Waals surface area contributed by atoms with E-state index in [1.54, 1.807) is 23.6 Å². The molecule has 0 saturated heterocycles. The highest BCUT2D eigenvalue weighted by atomic mass is 35.5. The number of thiazole rings is 1. The van der Waals surface area contributed by atoms with Gasteiger partial charge in [-0.05, 0) is 31.7 Å². The third-order valence-corrected chi connectivity index (χ3v) is 6.65. The first-order valence-corrected chi connectivity index (χ1v) is 11.3. The highest BCUT2D eigenvalue weighted by molar-refractivity contribution is 7.13. The molecule has 3 aromatic heterocycles. The lowest BCUT2D eigenvalue weighted by molar-refractivity contribution is -0.143. The van der Waals surface area contributed by atoms with Gasteiger partial charge in [-0.15, -0.1) is 11.3 Å². The molecule has 0 spiro atoms. The Hall–Kier alpha value is -2.97. The van der Waals surface area contributed by atoms with Gasteiger partial charge in [-0.3, -0.25) is 4.79 Å². The van der Waals surface area contributed by atoms with Crippen LogP contribution in [0.4, 0.5) is 0 Å². The molecule has 9 heteroatoms. The average Bonchev–Trinajstić information content (AvgIpc) is 3.43. The number of hydrogen-bond donors (Lipinski definition) is 2. The van der Waals surface area contributed by atoms with Gasteiger partial charge in [0.1, 0.15) is 11.1 Å². The number of imidazole rings is 1. The predicted molar refractivity (Wildman–Crippen MR) is 119 cm³/mol. The Balaban J connectivity index is 1.35. The molecule has 0 atom stereocenters. The second-order valence-electron chi connectivity index (χ2n) is 7.58. The van der Waals surface area contributed by atoms with Crippen LogP contribution in [0.2, 0.25) is 5.02 Å². The molecule has 5 rings (SSSR count). The molecule has 0 unspecified atom stereocenters. The number of rotatable bonds is 5. The molecule has 158 valence electrons. The minimum Gasteiger partial charge on any atom is -0.481 e. The molecule has 1 fully saturated rings. The number of benzene rings is 1. The number of carboxylic acids is 1. The Labute approximate surface area is 187 Å². The molecule has 1 saturated carbocycles. The Kier molecular flexibility index (Phi) is 5.33. The number of carboxylic acid groups (broad SMARTS) is 1. The molecule has 0 radical (unpaired) electrons. The lowest BCUT2D eigenvalue weighted by atomic mass is 9.87. The molecule has 0 aliphatic heterocycles. The number of H-pyrrole nitrogens is 1. The van der Waals surface area contributed by atoms with Crippen molar-refractivity contribution in [1.82, 2.24) is 19.9 Å². The number of fused-ring (bicyclic) bond motifs is 1. The van der Waals surface area contributed by atoms with Crippen LogP contribution < -0.4 is 4.74 Å². The fourth-order valence-electron chi connectivity index (χ4n) is 3.88. The van der Waals surface area contributed by atoms with Crippen molar-refractivity contribution in [3.63, 3.8) is 0 Å². The van der Waals surface area contributed by atoms with Crippen LogP contribution >= 0.6 is 22.9 Å². The maximum Gasteiger partial charge on any atom is 0.306 e. The van der Waals surface area contributed by atoms with Gasteiger partial charge in [0.25, 0.3) is 6.01 Å². The van der Waals surface area contributed by atoms with Crippen LogP contribution in [0, 0.1) is 5.92 Å². The predicted octanol–water partition coefficient (Wildman–Crippen LogP) is 5.42. The van der Waals surface area contributed by atoms with E-state index in [2.05, 4.69) is 19.9 Å². The Bertz CT molecular complexity index is 1220.